The summed E-state index contributed by atoms with van der Waals surface area (Å²) < 4.78 is 0. The first-order valence-electron chi connectivity index (χ1n) is 6.85. The normalized spacial score (nSPS) is 13.4. The van der Waals surface area contributed by atoms with Crippen molar-refractivity contribution in [2.75, 3.05) is 19.4 Å². The lowest BCUT2D eigenvalue weighted by Crippen LogP contribution is -2.40. The monoisotopic (exact) mass is 311 g/mol. The molecule has 3 N–H and O–H groups in total. The molecule has 0 bridgehead atoms. The van der Waals surface area contributed by atoms with Gasteiger partial charge < -0.3 is 16.0 Å². The number of nitrogens with zero attached hydrogens (tertiary/aromatic N) is 1. The summed E-state index contributed by atoms with van der Waals surface area (Å²) in [7, 11) is 3.32. The van der Waals surface area contributed by atoms with Crippen molar-refractivity contribution in [2.45, 2.75) is 26.3 Å². The molecule has 0 saturated heterocycles. The molecule has 1 rings (SSSR count). The highest BCUT2D eigenvalue weighted by Crippen LogP contribution is 2.24. The Kier molecular flexibility index (Phi) is 6.18. The molecule has 2 unspecified atom stereocenters. The number of carbonyl (C=O) groups is 2. The van der Waals surface area contributed by atoms with E-state index in [2.05, 4.69) is 5.32 Å². The average Bonchev–Trinajstić information content (AvgIpc) is 2.46. The zero-order valence-electron chi connectivity index (χ0n) is 12.8. The maximum atomic E-state index is 12.1. The van der Waals surface area contributed by atoms with Crippen LogP contribution in [-0.4, -0.2) is 36.9 Å². The van der Waals surface area contributed by atoms with Crippen LogP contribution in [0.1, 0.15) is 30.6 Å². The van der Waals surface area contributed by atoms with Crippen LogP contribution in [0.15, 0.2) is 18.2 Å². The Morgan fingerprint density at radius 1 is 1.38 bits per heavy atom. The van der Waals surface area contributed by atoms with Crippen LogP contribution in [0.5, 0.6) is 0 Å². The number of anilines is 1. The minimum absolute atomic E-state index is 0.0652. The topological polar surface area (TPSA) is 75.4 Å². The van der Waals surface area contributed by atoms with E-state index in [0.717, 1.165) is 6.42 Å². The van der Waals surface area contributed by atoms with Crippen LogP contribution in [0.4, 0.5) is 5.69 Å². The third kappa shape index (κ3) is 4.44. The Labute approximate surface area is 130 Å². The predicted octanol–water partition coefficient (Wildman–Crippen LogP) is 2.35. The van der Waals surface area contributed by atoms with Crippen molar-refractivity contribution in [2.24, 2.45) is 11.7 Å². The molecule has 5 nitrogen and oxygen atoms in total. The third-order valence-corrected chi connectivity index (χ3v) is 3.77. The van der Waals surface area contributed by atoms with Gasteiger partial charge >= 0.3 is 0 Å². The summed E-state index contributed by atoms with van der Waals surface area (Å²) in [6.45, 7) is 3.89. The zero-order valence-corrected chi connectivity index (χ0v) is 13.6. The van der Waals surface area contributed by atoms with Crippen LogP contribution in [0.25, 0.3) is 0 Å². The van der Waals surface area contributed by atoms with Gasteiger partial charge in [-0.1, -0.05) is 31.9 Å². The first-order chi connectivity index (χ1) is 9.77. The van der Waals surface area contributed by atoms with E-state index in [1.807, 2.05) is 13.8 Å². The molecule has 1 aromatic rings. The zero-order chi connectivity index (χ0) is 16.2. The number of rotatable bonds is 5. The van der Waals surface area contributed by atoms with Gasteiger partial charge in [0.25, 0.3) is 5.91 Å². The molecule has 0 spiro atoms. The van der Waals surface area contributed by atoms with Gasteiger partial charge in [-0.15, -0.1) is 0 Å². The van der Waals surface area contributed by atoms with E-state index in [4.69, 9.17) is 17.3 Å². The second-order valence-corrected chi connectivity index (χ2v) is 5.70. The molecule has 0 aliphatic heterocycles. The second-order valence-electron chi connectivity index (χ2n) is 5.29. The molecular formula is C15H22ClN3O2. The van der Waals surface area contributed by atoms with Crippen LogP contribution in [0, 0.1) is 5.92 Å². The summed E-state index contributed by atoms with van der Waals surface area (Å²) in [6, 6.07) is 4.16. The SMILES string of the molecule is CCC(C)C(N)C(=O)Nc1cc(C(=O)N(C)C)ccc1Cl. The molecule has 0 heterocycles. The summed E-state index contributed by atoms with van der Waals surface area (Å²) >= 11 is 6.06. The molecule has 0 radical (unpaired) electrons. The standard InChI is InChI=1S/C15H22ClN3O2/c1-5-9(2)13(17)14(20)18-12-8-10(6-7-11(12)16)15(21)19(3)4/h6-9,13H,5,17H2,1-4H3,(H,18,20). The third-order valence-electron chi connectivity index (χ3n) is 3.44. The largest absolute Gasteiger partial charge is 0.345 e. The highest BCUT2D eigenvalue weighted by Gasteiger charge is 2.20. The Balaban J connectivity index is 2.95. The molecule has 0 saturated carbocycles. The smallest absolute Gasteiger partial charge is 0.253 e. The fraction of sp³-hybridized carbons (Fsp3) is 0.467. The number of benzene rings is 1. The number of hydrogen-bond donors (Lipinski definition) is 2. The van der Waals surface area contributed by atoms with E-state index < -0.39 is 6.04 Å². The lowest BCUT2D eigenvalue weighted by molar-refractivity contribution is -0.118. The van der Waals surface area contributed by atoms with E-state index >= 15 is 0 Å². The number of nitrogens with two attached hydrogens (primary N) is 1. The Hall–Kier alpha value is -1.59. The van der Waals surface area contributed by atoms with Crippen LogP contribution >= 0.6 is 11.6 Å². The maximum absolute atomic E-state index is 12.1. The van der Waals surface area contributed by atoms with Gasteiger partial charge in [-0.2, -0.15) is 0 Å². The molecular weight excluding hydrogens is 290 g/mol. The molecule has 21 heavy (non-hydrogen) atoms. The van der Waals surface area contributed by atoms with Gasteiger partial charge in [-0.25, -0.2) is 0 Å². The molecule has 2 atom stereocenters. The first-order valence-corrected chi connectivity index (χ1v) is 7.23. The first kappa shape index (κ1) is 17.5. The maximum Gasteiger partial charge on any atom is 0.253 e. The van der Waals surface area contributed by atoms with Gasteiger partial charge in [-0.3, -0.25) is 9.59 Å². The van der Waals surface area contributed by atoms with E-state index in [1.54, 1.807) is 32.3 Å². The van der Waals surface area contributed by atoms with Crippen molar-refractivity contribution < 1.29 is 9.59 Å². The number of halogens is 1. The van der Waals surface area contributed by atoms with Crippen molar-refractivity contribution in [3.8, 4) is 0 Å². The summed E-state index contributed by atoms with van der Waals surface area (Å²) in [6.07, 6.45) is 0.807. The molecule has 0 aliphatic carbocycles. The van der Waals surface area contributed by atoms with E-state index in [0.29, 0.717) is 16.3 Å². The van der Waals surface area contributed by atoms with Crippen molar-refractivity contribution in [3.63, 3.8) is 0 Å². The highest BCUT2D eigenvalue weighted by molar-refractivity contribution is 6.34. The molecule has 0 aromatic heterocycles. The summed E-state index contributed by atoms with van der Waals surface area (Å²) in [4.78, 5) is 25.5. The highest BCUT2D eigenvalue weighted by atomic mass is 35.5. The van der Waals surface area contributed by atoms with E-state index in [1.165, 1.54) is 4.90 Å². The summed E-state index contributed by atoms with van der Waals surface area (Å²) in [5, 5.41) is 3.06. The summed E-state index contributed by atoms with van der Waals surface area (Å²) in [5.41, 5.74) is 6.74. The fourth-order valence-corrected chi connectivity index (χ4v) is 1.91. The Bertz CT molecular complexity index is 532. The van der Waals surface area contributed by atoms with E-state index in [9.17, 15) is 9.59 Å². The molecule has 0 aliphatic rings. The van der Waals surface area contributed by atoms with Gasteiger partial charge in [0.15, 0.2) is 0 Å². The molecule has 0 fully saturated rings. The molecule has 6 heteroatoms. The van der Waals surface area contributed by atoms with Crippen LogP contribution in [0.3, 0.4) is 0 Å². The Morgan fingerprint density at radius 3 is 2.52 bits per heavy atom. The minimum atomic E-state index is -0.612. The molecule has 116 valence electrons. The minimum Gasteiger partial charge on any atom is -0.345 e. The van der Waals surface area contributed by atoms with Gasteiger partial charge in [0.05, 0.1) is 16.8 Å². The number of hydrogen-bond acceptors (Lipinski definition) is 3. The van der Waals surface area contributed by atoms with Crippen molar-refractivity contribution >= 4 is 29.1 Å². The van der Waals surface area contributed by atoms with E-state index in [-0.39, 0.29) is 17.7 Å². The lowest BCUT2D eigenvalue weighted by Gasteiger charge is -2.19. The van der Waals surface area contributed by atoms with Gasteiger partial charge in [-0.05, 0) is 24.1 Å². The fourth-order valence-electron chi connectivity index (χ4n) is 1.74. The summed E-state index contributed by atoms with van der Waals surface area (Å²) in [5.74, 6) is -0.399. The lowest BCUT2D eigenvalue weighted by atomic mass is 9.99. The number of carbonyl (C=O) groups excluding carboxylic acids is 2. The van der Waals surface area contributed by atoms with Gasteiger partial charge in [0, 0.05) is 19.7 Å². The second kappa shape index (κ2) is 7.43. The van der Waals surface area contributed by atoms with Crippen molar-refractivity contribution in [3.05, 3.63) is 28.8 Å². The van der Waals surface area contributed by atoms with Crippen LogP contribution < -0.4 is 11.1 Å². The van der Waals surface area contributed by atoms with Gasteiger partial charge in [0.1, 0.15) is 0 Å². The number of nitrogens with one attached hydrogen (secondary N) is 1. The predicted molar refractivity (Wildman–Crippen MR) is 85.5 cm³/mol. The van der Waals surface area contributed by atoms with Crippen LogP contribution in [0.2, 0.25) is 5.02 Å². The average molecular weight is 312 g/mol. The number of amides is 2. The Morgan fingerprint density at radius 2 is 2.00 bits per heavy atom. The van der Waals surface area contributed by atoms with Crippen molar-refractivity contribution in [1.29, 1.82) is 0 Å². The quantitative estimate of drug-likeness (QED) is 0.876. The van der Waals surface area contributed by atoms with Gasteiger partial charge in [0.2, 0.25) is 5.91 Å². The molecule has 2 amide bonds. The van der Waals surface area contributed by atoms with Crippen molar-refractivity contribution in [1.82, 2.24) is 4.90 Å². The van der Waals surface area contributed by atoms with Crippen LogP contribution in [-0.2, 0) is 4.79 Å². The molecule has 1 aromatic carbocycles.